The Bertz CT molecular complexity index is 2280. The zero-order valence-electron chi connectivity index (χ0n) is 27.7. The lowest BCUT2D eigenvalue weighted by Crippen LogP contribution is -2.35. The molecule has 0 spiro atoms. The van der Waals surface area contributed by atoms with Gasteiger partial charge in [-0.2, -0.15) is 9.97 Å². The van der Waals surface area contributed by atoms with Crippen LogP contribution in [0.4, 0.5) is 21.1 Å². The summed E-state index contributed by atoms with van der Waals surface area (Å²) in [4.78, 5) is 68.0. The van der Waals surface area contributed by atoms with Crippen LogP contribution >= 0.6 is 15.6 Å². The number of hydrogen-bond donors (Lipinski definition) is 6. The molecule has 7 rings (SSSR count). The first-order chi connectivity index (χ1) is 25.5. The molecule has 26 nitrogen and oxygen atoms in total. The van der Waals surface area contributed by atoms with Gasteiger partial charge in [0.05, 0.1) is 32.0 Å². The molecular weight excluding hydrogens is 777 g/mol. The number of nitrogens with zero attached hydrogens (tertiary/aromatic N) is 6. The van der Waals surface area contributed by atoms with E-state index in [1.807, 2.05) is 0 Å². The summed E-state index contributed by atoms with van der Waals surface area (Å²) >= 11 is 0. The van der Waals surface area contributed by atoms with Crippen LogP contribution in [0.3, 0.4) is 0 Å². The Hall–Kier alpha value is -4.40. The number of nitrogens with one attached hydrogen (secondary N) is 2. The second-order valence-corrected chi connectivity index (χ2v) is 15.1. The number of aliphatic hydroxyl groups excluding tert-OH is 1. The van der Waals surface area contributed by atoms with Crippen LogP contribution in [0.1, 0.15) is 26.3 Å². The summed E-state index contributed by atoms with van der Waals surface area (Å²) in [7, 11) is -10.4. The number of anilines is 2. The van der Waals surface area contributed by atoms with E-state index in [4.69, 9.17) is 53.0 Å². The smallest absolute Gasteiger partial charge is 0.432 e. The van der Waals surface area contributed by atoms with E-state index in [0.717, 1.165) is 21.8 Å². The summed E-state index contributed by atoms with van der Waals surface area (Å²) in [5.74, 6) is -0.682. The van der Waals surface area contributed by atoms with Crippen LogP contribution in [0, 0.1) is 0 Å². The van der Waals surface area contributed by atoms with E-state index in [2.05, 4.69) is 29.9 Å². The number of ether oxygens (including phenoxy) is 4. The van der Waals surface area contributed by atoms with Crippen LogP contribution in [0.5, 0.6) is 0 Å². The van der Waals surface area contributed by atoms with E-state index in [1.54, 1.807) is 0 Å². The number of aliphatic hydroxyl groups is 1. The predicted octanol–water partition coefficient (Wildman–Crippen LogP) is -0.528. The van der Waals surface area contributed by atoms with Crippen LogP contribution in [-0.2, 0) is 50.7 Å². The van der Waals surface area contributed by atoms with Gasteiger partial charge in [-0.3, -0.25) is 46.8 Å². The Kier molecular flexibility index (Phi) is 10.1. The Morgan fingerprint density at radius 1 is 0.963 bits per heavy atom. The SMILES string of the molecule is CC(C)OC(=O)OCOP1(=O)OC[C@H]2O[C@@H](n3cnc4c(=O)[nH]c(N)nc43)[C@@H](F)C2OP(=O)(O)OC[C@H]2O[C@@H](n3cnc4c(=O)[nH]c(N)nc43)[C@@H](O1)C2O. The fourth-order valence-electron chi connectivity index (χ4n) is 5.76. The molecular formula is C25H31FN10O16P2. The molecule has 0 aliphatic carbocycles. The fourth-order valence-corrected chi connectivity index (χ4v) is 7.95. The summed E-state index contributed by atoms with van der Waals surface area (Å²) in [6.07, 6.45) is -14.6. The number of aromatic nitrogens is 8. The van der Waals surface area contributed by atoms with E-state index in [1.165, 1.54) is 13.8 Å². The van der Waals surface area contributed by atoms with Crippen molar-refractivity contribution in [1.29, 1.82) is 0 Å². The number of carbonyl (C=O) groups is 1. The maximum absolute atomic E-state index is 16.3. The van der Waals surface area contributed by atoms with E-state index in [9.17, 15) is 33.5 Å². The quantitative estimate of drug-likeness (QED) is 0.0810. The number of alkyl halides is 1. The zero-order valence-corrected chi connectivity index (χ0v) is 29.5. The molecule has 3 aliphatic rings. The van der Waals surface area contributed by atoms with Crippen molar-refractivity contribution in [3.63, 3.8) is 0 Å². The van der Waals surface area contributed by atoms with Crippen LogP contribution in [0.25, 0.3) is 22.3 Å². The first-order valence-electron chi connectivity index (χ1n) is 15.7. The third-order valence-electron chi connectivity index (χ3n) is 8.05. The first-order valence-corrected chi connectivity index (χ1v) is 18.6. The molecule has 8 N–H and O–H groups in total. The van der Waals surface area contributed by atoms with E-state index in [0.29, 0.717) is 0 Å². The van der Waals surface area contributed by atoms with Gasteiger partial charge in [0.25, 0.3) is 11.1 Å². The molecule has 29 heteroatoms. The highest BCUT2D eigenvalue weighted by molar-refractivity contribution is 7.48. The number of carbonyl (C=O) groups excluding carboxylic acids is 1. The number of fused-ring (bicyclic) bond motifs is 5. The van der Waals surface area contributed by atoms with E-state index < -0.39 is 108 Å². The average molecular weight is 809 g/mol. The molecule has 3 aliphatic heterocycles. The lowest BCUT2D eigenvalue weighted by molar-refractivity contribution is -0.0770. The second kappa shape index (κ2) is 14.3. The molecule has 3 saturated heterocycles. The molecule has 0 amide bonds. The Morgan fingerprint density at radius 3 is 2.15 bits per heavy atom. The number of phosphoric ester groups is 2. The maximum Gasteiger partial charge on any atom is 0.510 e. The molecule has 4 aromatic rings. The molecule has 0 radical (unpaired) electrons. The van der Waals surface area contributed by atoms with Gasteiger partial charge in [0.1, 0.15) is 30.5 Å². The lowest BCUT2D eigenvalue weighted by atomic mass is 10.1. The molecule has 7 heterocycles. The molecule has 2 bridgehead atoms. The lowest BCUT2D eigenvalue weighted by Gasteiger charge is -2.27. The normalized spacial score (nSPS) is 33.3. The monoisotopic (exact) mass is 808 g/mol. The highest BCUT2D eigenvalue weighted by Gasteiger charge is 2.55. The molecule has 54 heavy (non-hydrogen) atoms. The van der Waals surface area contributed by atoms with Gasteiger partial charge in [0.2, 0.25) is 18.7 Å². The van der Waals surface area contributed by atoms with Gasteiger partial charge in [-0.15, -0.1) is 0 Å². The second-order valence-electron chi connectivity index (χ2n) is 12.1. The molecule has 4 aromatic heterocycles. The standard InChI is InChI=1S/C25H31FN10O16P2/c1-8(2)48-25(40)44-7-47-54(43)46-4-10-15(11(26)21(50-10)35-5-29-12-17(35)31-23(27)33-19(12)38)51-53(41,42)45-3-9-14(37)16(52-54)22(49-9)36-6-30-13-18(36)32-24(28)34-20(13)39/h5-6,8-11,14-16,21-22,37H,3-4,7H2,1-2H3,(H,41,42)(H3,27,31,33,38)(H3,28,32,34,39)/t9-,10-,11+,14?,15?,16+,21-,22-,54?/m1/s1. The first kappa shape index (κ1) is 37.9. The average Bonchev–Trinajstić information content (AvgIpc) is 3.84. The van der Waals surface area contributed by atoms with E-state index in [-0.39, 0.29) is 34.2 Å². The van der Waals surface area contributed by atoms with Crippen molar-refractivity contribution in [2.24, 2.45) is 0 Å². The van der Waals surface area contributed by atoms with Gasteiger partial charge in [0, 0.05) is 0 Å². The number of phosphoric acid groups is 2. The largest absolute Gasteiger partial charge is 0.510 e. The van der Waals surface area contributed by atoms with Crippen LogP contribution in [0.15, 0.2) is 22.2 Å². The fraction of sp³-hybridized carbons (Fsp3) is 0.560. The third kappa shape index (κ3) is 7.35. The van der Waals surface area contributed by atoms with Gasteiger partial charge in [-0.1, -0.05) is 0 Å². The number of hydrogen-bond acceptors (Lipinski definition) is 21. The highest BCUT2D eigenvalue weighted by atomic mass is 31.2. The minimum absolute atomic E-state index is 0.190. The van der Waals surface area contributed by atoms with Crippen molar-refractivity contribution < 1.29 is 69.9 Å². The Balaban J connectivity index is 1.24. The van der Waals surface area contributed by atoms with Crippen LogP contribution in [0.2, 0.25) is 0 Å². The van der Waals surface area contributed by atoms with Crippen molar-refractivity contribution in [2.75, 3.05) is 31.5 Å². The van der Waals surface area contributed by atoms with Crippen LogP contribution < -0.4 is 22.6 Å². The maximum atomic E-state index is 16.3. The number of nitrogens with two attached hydrogens (primary N) is 2. The van der Waals surface area contributed by atoms with Crippen molar-refractivity contribution in [3.05, 3.63) is 33.4 Å². The number of imidazole rings is 2. The molecule has 0 aromatic carbocycles. The number of rotatable bonds is 6. The minimum atomic E-state index is -5.28. The number of halogens is 1. The van der Waals surface area contributed by atoms with Gasteiger partial charge >= 0.3 is 21.8 Å². The molecule has 294 valence electrons. The molecule has 0 saturated carbocycles. The summed E-state index contributed by atoms with van der Waals surface area (Å²) in [5, 5.41) is 11.3. The molecule has 4 unspecified atom stereocenters. The van der Waals surface area contributed by atoms with Gasteiger partial charge in [-0.25, -0.2) is 32.8 Å². The van der Waals surface area contributed by atoms with Gasteiger partial charge in [0.15, 0.2) is 41.0 Å². The summed E-state index contributed by atoms with van der Waals surface area (Å²) < 4.78 is 94.0. The van der Waals surface area contributed by atoms with Crippen molar-refractivity contribution >= 4 is 56.0 Å². The van der Waals surface area contributed by atoms with Gasteiger partial charge < -0.3 is 40.4 Å². The third-order valence-corrected chi connectivity index (χ3v) is 10.4. The topological polar surface area (TPSA) is 354 Å². The van der Waals surface area contributed by atoms with Crippen LogP contribution in [-0.4, -0.2) is 118 Å². The number of H-pyrrole nitrogens is 2. The van der Waals surface area contributed by atoms with E-state index >= 15 is 4.39 Å². The summed E-state index contributed by atoms with van der Waals surface area (Å²) in [5.41, 5.74) is 8.95. The zero-order chi connectivity index (χ0) is 38.7. The number of nitrogen functional groups attached to an aromatic ring is 2. The summed E-state index contributed by atoms with van der Waals surface area (Å²) in [6, 6.07) is 0. The van der Waals surface area contributed by atoms with Crippen molar-refractivity contribution in [2.45, 2.75) is 69.1 Å². The van der Waals surface area contributed by atoms with Gasteiger partial charge in [-0.05, 0) is 13.8 Å². The molecule has 3 fully saturated rings. The number of aromatic amines is 2. The Morgan fingerprint density at radius 2 is 1.54 bits per heavy atom. The Labute approximate surface area is 299 Å². The van der Waals surface area contributed by atoms with Crippen molar-refractivity contribution in [1.82, 2.24) is 39.0 Å². The predicted molar refractivity (Wildman–Crippen MR) is 172 cm³/mol. The van der Waals surface area contributed by atoms with Crippen molar-refractivity contribution in [3.8, 4) is 0 Å². The molecule has 10 atom stereocenters. The summed E-state index contributed by atoms with van der Waals surface area (Å²) in [6.45, 7) is -0.00987. The minimum Gasteiger partial charge on any atom is -0.432 e. The highest BCUT2D eigenvalue weighted by Crippen LogP contribution is 2.56.